The Labute approximate surface area is 150 Å². The van der Waals surface area contributed by atoms with Crippen LogP contribution in [0.5, 0.6) is 0 Å². The van der Waals surface area contributed by atoms with E-state index in [4.69, 9.17) is 0 Å². The average Bonchev–Trinajstić information content (AvgIpc) is 2.52. The van der Waals surface area contributed by atoms with E-state index in [1.54, 1.807) is 0 Å². The Morgan fingerprint density at radius 2 is 1.00 bits per heavy atom. The molecule has 0 aliphatic carbocycles. The Bertz CT molecular complexity index is 560. The van der Waals surface area contributed by atoms with Gasteiger partial charge in [-0.05, 0) is 0 Å². The maximum absolute atomic E-state index is 12.5. The first kappa shape index (κ1) is 24.1. The minimum Gasteiger partial charge on any atom is -0.396 e. The molecule has 0 radical (unpaired) electrons. The molecule has 0 aliphatic rings. The molecule has 0 aliphatic heterocycles. The van der Waals surface area contributed by atoms with E-state index in [1.807, 2.05) is 0 Å². The van der Waals surface area contributed by atoms with Crippen LogP contribution in [0.4, 0.5) is 0 Å². The number of rotatable bonds is 14. The molecule has 15 nitrogen and oxygen atoms in total. The molecule has 3 N–H and O–H groups in total. The van der Waals surface area contributed by atoms with Gasteiger partial charge < -0.3 is 15.3 Å². The minimum absolute atomic E-state index is 1.04. The van der Waals surface area contributed by atoms with Crippen molar-refractivity contribution in [1.29, 1.82) is 0 Å². The molecule has 0 spiro atoms. The highest BCUT2D eigenvalue weighted by atomic mass is 16.6. The SMILES string of the molecule is O=C(C[N+](=O)[O-])C(C(=O)C[N+](=O)[O-])(C(=O)C[N+](=O)[O-])C(CO)C(CO)CO. The smallest absolute Gasteiger partial charge is 0.262 e. The van der Waals surface area contributed by atoms with Crippen molar-refractivity contribution in [2.24, 2.45) is 17.3 Å². The molecule has 0 saturated carbocycles. The topological polar surface area (TPSA) is 241 Å². The second kappa shape index (κ2) is 10.3. The molecule has 0 fully saturated rings. The van der Waals surface area contributed by atoms with E-state index in [0.717, 1.165) is 0 Å². The van der Waals surface area contributed by atoms with Gasteiger partial charge in [0.1, 0.15) is 0 Å². The molecule has 0 aromatic heterocycles. The summed E-state index contributed by atoms with van der Waals surface area (Å²) in [4.78, 5) is 65.7. The lowest BCUT2D eigenvalue weighted by Crippen LogP contribution is -2.60. The highest BCUT2D eigenvalue weighted by Crippen LogP contribution is 2.37. The third-order valence-corrected chi connectivity index (χ3v) is 3.93. The summed E-state index contributed by atoms with van der Waals surface area (Å²) in [6, 6.07) is 0. The van der Waals surface area contributed by atoms with Crippen LogP contribution < -0.4 is 0 Å². The monoisotopic (exact) mass is 395 g/mol. The Hall–Kier alpha value is -2.91. The molecule has 0 bridgehead atoms. The van der Waals surface area contributed by atoms with Crippen molar-refractivity contribution in [3.05, 3.63) is 30.3 Å². The molecule has 0 saturated heterocycles. The number of carbonyl (C=O) groups is 3. The molecular weight excluding hydrogens is 378 g/mol. The van der Waals surface area contributed by atoms with Crippen LogP contribution in [0.3, 0.4) is 0 Å². The van der Waals surface area contributed by atoms with Gasteiger partial charge in [0.2, 0.25) is 17.3 Å². The second-order valence-corrected chi connectivity index (χ2v) is 5.46. The van der Waals surface area contributed by atoms with E-state index in [1.165, 1.54) is 0 Å². The first-order chi connectivity index (χ1) is 12.5. The summed E-state index contributed by atoms with van der Waals surface area (Å²) in [7, 11) is 0. The summed E-state index contributed by atoms with van der Waals surface area (Å²) in [5.74, 6) is -9.12. The zero-order valence-electron chi connectivity index (χ0n) is 13.8. The normalized spacial score (nSPS) is 12.4. The Morgan fingerprint density at radius 3 is 1.19 bits per heavy atom. The maximum atomic E-state index is 12.5. The highest BCUT2D eigenvalue weighted by molar-refractivity contribution is 6.25. The van der Waals surface area contributed by atoms with E-state index in [2.05, 4.69) is 0 Å². The number of ketones is 3. The van der Waals surface area contributed by atoms with Crippen molar-refractivity contribution in [1.82, 2.24) is 0 Å². The van der Waals surface area contributed by atoms with Gasteiger partial charge in [0.25, 0.3) is 19.6 Å². The molecule has 1 atom stereocenters. The van der Waals surface area contributed by atoms with Crippen molar-refractivity contribution in [2.45, 2.75) is 0 Å². The van der Waals surface area contributed by atoms with Gasteiger partial charge in [0, 0.05) is 46.4 Å². The number of carbonyl (C=O) groups excluding carboxylic acids is 3. The summed E-state index contributed by atoms with van der Waals surface area (Å²) in [5.41, 5.74) is -3.35. The standard InChI is InChI=1S/C12H17N3O12/c16-4-7(5-17)8(6-18)12(9(19)1-13(22)23,10(20)2-14(24)25)11(21)3-15(26)27/h7-8,16-18H,1-6H2. The van der Waals surface area contributed by atoms with E-state index in [-0.39, 0.29) is 0 Å². The van der Waals surface area contributed by atoms with Gasteiger partial charge in [-0.25, -0.2) is 0 Å². The van der Waals surface area contributed by atoms with E-state index < -0.39 is 88.8 Å². The van der Waals surface area contributed by atoms with Crippen LogP contribution in [0.1, 0.15) is 0 Å². The Morgan fingerprint density at radius 1 is 0.704 bits per heavy atom. The van der Waals surface area contributed by atoms with Crippen LogP contribution in [-0.4, -0.2) is 86.9 Å². The molecule has 0 amide bonds. The number of aliphatic hydroxyl groups is 3. The van der Waals surface area contributed by atoms with E-state index >= 15 is 0 Å². The van der Waals surface area contributed by atoms with Crippen LogP contribution in [0, 0.1) is 47.6 Å². The van der Waals surface area contributed by atoms with Crippen LogP contribution in [0.15, 0.2) is 0 Å². The van der Waals surface area contributed by atoms with Gasteiger partial charge >= 0.3 is 0 Å². The van der Waals surface area contributed by atoms with Crippen LogP contribution in [-0.2, 0) is 14.4 Å². The lowest BCUT2D eigenvalue weighted by molar-refractivity contribution is -0.473. The fourth-order valence-corrected chi connectivity index (χ4v) is 2.76. The van der Waals surface area contributed by atoms with E-state index in [0.29, 0.717) is 0 Å². The van der Waals surface area contributed by atoms with Gasteiger partial charge in [-0.2, -0.15) is 0 Å². The molecular formula is C12H17N3O12. The molecule has 0 rings (SSSR count). The molecule has 15 heteroatoms. The van der Waals surface area contributed by atoms with Crippen LogP contribution in [0.2, 0.25) is 0 Å². The lowest BCUT2D eigenvalue weighted by atomic mass is 9.62. The first-order valence-electron chi connectivity index (χ1n) is 7.26. The van der Waals surface area contributed by atoms with Crippen LogP contribution >= 0.6 is 0 Å². The zero-order valence-corrected chi connectivity index (χ0v) is 13.8. The number of nitro groups is 3. The lowest BCUT2D eigenvalue weighted by Gasteiger charge is -2.36. The summed E-state index contributed by atoms with van der Waals surface area (Å²) in [6.45, 7) is -8.48. The molecule has 27 heavy (non-hydrogen) atoms. The summed E-state index contributed by atoms with van der Waals surface area (Å²) < 4.78 is 0. The maximum Gasteiger partial charge on any atom is 0.262 e. The Balaban J connectivity index is 6.77. The van der Waals surface area contributed by atoms with Gasteiger partial charge in [-0.15, -0.1) is 0 Å². The fraction of sp³-hybridized carbons (Fsp3) is 0.750. The molecule has 0 aromatic carbocycles. The number of hydrogen-bond acceptors (Lipinski definition) is 12. The zero-order chi connectivity index (χ0) is 21.4. The minimum atomic E-state index is -3.35. The molecule has 0 aromatic rings. The third-order valence-electron chi connectivity index (χ3n) is 3.93. The third kappa shape index (κ3) is 5.53. The van der Waals surface area contributed by atoms with Crippen molar-refractivity contribution < 1.29 is 44.5 Å². The predicted octanol–water partition coefficient (Wildman–Crippen LogP) is -3.28. The van der Waals surface area contributed by atoms with Gasteiger partial charge in [-0.3, -0.25) is 44.7 Å². The number of nitrogens with zero attached hydrogens (tertiary/aromatic N) is 3. The quantitative estimate of drug-likeness (QED) is 0.149. The fourth-order valence-electron chi connectivity index (χ4n) is 2.76. The summed E-state index contributed by atoms with van der Waals surface area (Å²) in [6.07, 6.45) is 0. The number of aliphatic hydroxyl groups excluding tert-OH is 3. The van der Waals surface area contributed by atoms with Gasteiger partial charge in [0.15, 0.2) is 5.41 Å². The molecule has 0 heterocycles. The van der Waals surface area contributed by atoms with Gasteiger partial charge in [-0.1, -0.05) is 0 Å². The second-order valence-electron chi connectivity index (χ2n) is 5.46. The molecule has 1 unspecified atom stereocenters. The number of Topliss-reactive ketones (excluding diaryl/α,β-unsaturated/α-hetero) is 3. The van der Waals surface area contributed by atoms with Crippen LogP contribution in [0.25, 0.3) is 0 Å². The molecule has 152 valence electrons. The number of hydrogen-bond donors (Lipinski definition) is 3. The largest absolute Gasteiger partial charge is 0.396 e. The van der Waals surface area contributed by atoms with Crippen molar-refractivity contribution in [3.8, 4) is 0 Å². The van der Waals surface area contributed by atoms with E-state index in [9.17, 15) is 60.0 Å². The first-order valence-corrected chi connectivity index (χ1v) is 7.26. The predicted molar refractivity (Wildman–Crippen MR) is 81.3 cm³/mol. The Kier molecular flexibility index (Phi) is 9.18. The van der Waals surface area contributed by atoms with Gasteiger partial charge in [0.05, 0.1) is 0 Å². The summed E-state index contributed by atoms with van der Waals surface area (Å²) in [5, 5.41) is 60.2. The average molecular weight is 395 g/mol. The van der Waals surface area contributed by atoms with Crippen molar-refractivity contribution >= 4 is 17.3 Å². The van der Waals surface area contributed by atoms with Crippen molar-refractivity contribution in [3.63, 3.8) is 0 Å². The highest BCUT2D eigenvalue weighted by Gasteiger charge is 2.62. The summed E-state index contributed by atoms with van der Waals surface area (Å²) >= 11 is 0. The van der Waals surface area contributed by atoms with Crippen molar-refractivity contribution in [2.75, 3.05) is 39.5 Å².